The van der Waals surface area contributed by atoms with Crippen LogP contribution in [-0.2, 0) is 4.79 Å². The molecule has 1 amide bonds. The van der Waals surface area contributed by atoms with Crippen molar-refractivity contribution in [3.63, 3.8) is 0 Å². The fourth-order valence-electron chi connectivity index (χ4n) is 2.76. The molecule has 0 bridgehead atoms. The summed E-state index contributed by atoms with van der Waals surface area (Å²) in [5.74, 6) is 0.332. The smallest absolute Gasteiger partial charge is 0.230 e. The molecule has 0 saturated carbocycles. The van der Waals surface area contributed by atoms with E-state index in [0.717, 1.165) is 29.7 Å². The summed E-state index contributed by atoms with van der Waals surface area (Å²) < 4.78 is 1.70. The maximum Gasteiger partial charge on any atom is 0.230 e. The molecule has 2 aromatic rings. The lowest BCUT2D eigenvalue weighted by molar-refractivity contribution is -0.119. The first-order valence-corrected chi connectivity index (χ1v) is 10.3. The molecule has 0 unspecified atom stereocenters. The van der Waals surface area contributed by atoms with Gasteiger partial charge in [0.05, 0.1) is 11.4 Å². The van der Waals surface area contributed by atoms with Crippen molar-refractivity contribution < 1.29 is 4.79 Å². The Morgan fingerprint density at radius 3 is 2.85 bits per heavy atom. The molecule has 1 aromatic heterocycles. The molecule has 0 fully saturated rings. The number of aromatic nitrogens is 4. The number of benzene rings is 1. The molecule has 2 rings (SSSR count). The number of tetrazole rings is 1. The van der Waals surface area contributed by atoms with Crippen molar-refractivity contribution in [3.8, 4) is 5.69 Å². The molecule has 0 aliphatic carbocycles. The van der Waals surface area contributed by atoms with Crippen molar-refractivity contribution in [3.05, 3.63) is 29.3 Å². The molecule has 1 heterocycles. The van der Waals surface area contributed by atoms with Gasteiger partial charge in [-0.15, -0.1) is 5.10 Å². The number of nitrogens with zero attached hydrogens (tertiary/aromatic N) is 4. The minimum Gasteiger partial charge on any atom is -0.353 e. The second-order valence-electron chi connectivity index (χ2n) is 6.77. The van der Waals surface area contributed by atoms with Gasteiger partial charge in [0.15, 0.2) is 0 Å². The van der Waals surface area contributed by atoms with Crippen molar-refractivity contribution in [1.29, 1.82) is 0 Å². The van der Waals surface area contributed by atoms with E-state index in [1.807, 2.05) is 26.0 Å². The first kappa shape index (κ1) is 20.4. The minimum atomic E-state index is 0.0218. The Hall–Kier alpha value is -1.89. The Morgan fingerprint density at radius 1 is 1.27 bits per heavy atom. The summed E-state index contributed by atoms with van der Waals surface area (Å²) in [7, 11) is 0. The van der Waals surface area contributed by atoms with Gasteiger partial charge >= 0.3 is 0 Å². The maximum absolute atomic E-state index is 12.2. The number of hydrogen-bond acceptors (Lipinski definition) is 5. The monoisotopic (exact) mass is 375 g/mol. The van der Waals surface area contributed by atoms with Crippen LogP contribution >= 0.6 is 11.8 Å². The van der Waals surface area contributed by atoms with Crippen molar-refractivity contribution in [2.75, 3.05) is 5.75 Å². The van der Waals surface area contributed by atoms with Crippen LogP contribution in [0, 0.1) is 13.8 Å². The Morgan fingerprint density at radius 2 is 2.08 bits per heavy atom. The van der Waals surface area contributed by atoms with Crippen LogP contribution in [-0.4, -0.2) is 37.9 Å². The van der Waals surface area contributed by atoms with Gasteiger partial charge in [-0.05, 0) is 54.8 Å². The molecule has 6 nitrogen and oxygen atoms in total. The fourth-order valence-corrected chi connectivity index (χ4v) is 3.46. The first-order chi connectivity index (χ1) is 12.5. The van der Waals surface area contributed by atoms with Crippen LogP contribution in [0.3, 0.4) is 0 Å². The van der Waals surface area contributed by atoms with E-state index in [9.17, 15) is 4.79 Å². The van der Waals surface area contributed by atoms with Crippen LogP contribution in [0.15, 0.2) is 23.4 Å². The summed E-state index contributed by atoms with van der Waals surface area (Å²) in [6, 6.07) is 6.36. The lowest BCUT2D eigenvalue weighted by atomic mass is 10.1. The highest BCUT2D eigenvalue weighted by molar-refractivity contribution is 7.99. The number of thioether (sulfide) groups is 1. The predicted octanol–water partition coefficient (Wildman–Crippen LogP) is 3.85. The highest BCUT2D eigenvalue weighted by Gasteiger charge is 2.14. The molecule has 7 heteroatoms. The number of amides is 1. The van der Waals surface area contributed by atoms with E-state index in [1.54, 1.807) is 4.68 Å². The summed E-state index contributed by atoms with van der Waals surface area (Å²) in [5, 5.41) is 15.6. The predicted molar refractivity (Wildman–Crippen MR) is 106 cm³/mol. The van der Waals surface area contributed by atoms with Gasteiger partial charge in [-0.1, -0.05) is 56.5 Å². The van der Waals surface area contributed by atoms with Gasteiger partial charge in [-0.25, -0.2) is 0 Å². The molecular weight excluding hydrogens is 346 g/mol. The second kappa shape index (κ2) is 10.3. The molecule has 1 atom stereocenters. The minimum absolute atomic E-state index is 0.0218. The zero-order chi connectivity index (χ0) is 18.9. The summed E-state index contributed by atoms with van der Waals surface area (Å²) in [5.41, 5.74) is 3.18. The van der Waals surface area contributed by atoms with Gasteiger partial charge in [0.2, 0.25) is 11.1 Å². The largest absolute Gasteiger partial charge is 0.353 e. The van der Waals surface area contributed by atoms with Gasteiger partial charge in [-0.3, -0.25) is 4.79 Å². The summed E-state index contributed by atoms with van der Waals surface area (Å²) in [6.45, 7) is 8.33. The third-order valence-corrected chi connectivity index (χ3v) is 5.18. The second-order valence-corrected chi connectivity index (χ2v) is 7.71. The van der Waals surface area contributed by atoms with Crippen molar-refractivity contribution in [2.24, 2.45) is 0 Å². The van der Waals surface area contributed by atoms with Gasteiger partial charge in [0.25, 0.3) is 0 Å². The third kappa shape index (κ3) is 6.12. The Labute approximate surface area is 160 Å². The Bertz CT molecular complexity index is 716. The van der Waals surface area contributed by atoms with Crippen LogP contribution in [0.1, 0.15) is 57.1 Å². The van der Waals surface area contributed by atoms with Crippen LogP contribution in [0.5, 0.6) is 0 Å². The quantitative estimate of drug-likeness (QED) is 0.504. The molecule has 0 aliphatic rings. The Kier molecular flexibility index (Phi) is 8.09. The standard InChI is InChI=1S/C19H29N5OS/c1-5-6-7-8-9-16(4)20-18(25)13-26-19-21-22-23-24(19)17-12-14(2)10-11-15(17)3/h10-12,16H,5-9,13H2,1-4H3,(H,20,25)/t16-/m1/s1. The van der Waals surface area contributed by atoms with Gasteiger partial charge < -0.3 is 5.32 Å². The van der Waals surface area contributed by atoms with E-state index in [-0.39, 0.29) is 11.9 Å². The lowest BCUT2D eigenvalue weighted by Gasteiger charge is -2.13. The molecule has 1 N–H and O–H groups in total. The molecule has 0 aliphatic heterocycles. The normalized spacial score (nSPS) is 12.2. The molecule has 0 radical (unpaired) electrons. The number of hydrogen-bond donors (Lipinski definition) is 1. The summed E-state index contributed by atoms with van der Waals surface area (Å²) in [4.78, 5) is 12.2. The van der Waals surface area contributed by atoms with E-state index < -0.39 is 0 Å². The number of nitrogens with one attached hydrogen (secondary N) is 1. The molecule has 26 heavy (non-hydrogen) atoms. The average Bonchev–Trinajstić information content (AvgIpc) is 3.07. The highest BCUT2D eigenvalue weighted by atomic mass is 32.2. The van der Waals surface area contributed by atoms with E-state index in [0.29, 0.717) is 10.9 Å². The molecule has 1 aromatic carbocycles. The highest BCUT2D eigenvalue weighted by Crippen LogP contribution is 2.21. The molecule has 142 valence electrons. The van der Waals surface area contributed by atoms with E-state index in [4.69, 9.17) is 0 Å². The number of aryl methyl sites for hydroxylation is 2. The maximum atomic E-state index is 12.2. The van der Waals surface area contributed by atoms with Crippen molar-refractivity contribution in [2.45, 2.75) is 71.0 Å². The molecule has 0 spiro atoms. The third-order valence-electron chi connectivity index (χ3n) is 4.26. The van der Waals surface area contributed by atoms with Gasteiger partial charge in [0.1, 0.15) is 0 Å². The number of unbranched alkanes of at least 4 members (excludes halogenated alkanes) is 3. The van der Waals surface area contributed by atoms with Crippen LogP contribution in [0.25, 0.3) is 5.69 Å². The average molecular weight is 376 g/mol. The molecule has 0 saturated heterocycles. The number of carbonyl (C=O) groups excluding carboxylic acids is 1. The van der Waals surface area contributed by atoms with Gasteiger partial charge in [0, 0.05) is 6.04 Å². The van der Waals surface area contributed by atoms with E-state index in [1.165, 1.54) is 31.0 Å². The van der Waals surface area contributed by atoms with Crippen LogP contribution < -0.4 is 5.32 Å². The van der Waals surface area contributed by atoms with E-state index >= 15 is 0 Å². The zero-order valence-corrected chi connectivity index (χ0v) is 17.0. The zero-order valence-electron chi connectivity index (χ0n) is 16.2. The van der Waals surface area contributed by atoms with Crippen LogP contribution in [0.2, 0.25) is 0 Å². The SMILES string of the molecule is CCCCCC[C@@H](C)NC(=O)CSc1nnnn1-c1cc(C)ccc1C. The topological polar surface area (TPSA) is 72.7 Å². The van der Waals surface area contributed by atoms with Crippen LogP contribution in [0.4, 0.5) is 0 Å². The van der Waals surface area contributed by atoms with Crippen molar-refractivity contribution >= 4 is 17.7 Å². The first-order valence-electron chi connectivity index (χ1n) is 9.29. The van der Waals surface area contributed by atoms with E-state index in [2.05, 4.69) is 40.8 Å². The molecular formula is C19H29N5OS. The summed E-state index contributed by atoms with van der Waals surface area (Å²) >= 11 is 1.36. The Balaban J connectivity index is 1.88. The van der Waals surface area contributed by atoms with Gasteiger partial charge in [-0.2, -0.15) is 4.68 Å². The lowest BCUT2D eigenvalue weighted by Crippen LogP contribution is -2.33. The van der Waals surface area contributed by atoms with Crippen molar-refractivity contribution in [1.82, 2.24) is 25.5 Å². The fraction of sp³-hybridized carbons (Fsp3) is 0.579. The number of rotatable bonds is 10. The number of carbonyl (C=O) groups is 1. The summed E-state index contributed by atoms with van der Waals surface area (Å²) in [6.07, 6.45) is 5.91.